The van der Waals surface area contributed by atoms with Crippen molar-refractivity contribution in [2.24, 2.45) is 0 Å². The van der Waals surface area contributed by atoms with E-state index < -0.39 is 0 Å². The lowest BCUT2D eigenvalue weighted by Crippen LogP contribution is -2.08. The first-order valence-corrected chi connectivity index (χ1v) is 4.88. The second-order valence-electron chi connectivity index (χ2n) is 3.32. The number of ether oxygens (including phenoxy) is 1. The van der Waals surface area contributed by atoms with Gasteiger partial charge in [0.1, 0.15) is 0 Å². The molecule has 0 aliphatic heterocycles. The topological polar surface area (TPSA) is 26.3 Å². The summed E-state index contributed by atoms with van der Waals surface area (Å²) in [5, 5.41) is 0. The van der Waals surface area contributed by atoms with Crippen LogP contribution in [0.25, 0.3) is 5.57 Å². The molecule has 0 atom stereocenters. The fourth-order valence-corrected chi connectivity index (χ4v) is 1.28. The molecule has 2 nitrogen and oxygen atoms in total. The molecule has 0 N–H and O–H groups in total. The van der Waals surface area contributed by atoms with Gasteiger partial charge in [-0.2, -0.15) is 0 Å². The van der Waals surface area contributed by atoms with E-state index in [2.05, 4.69) is 13.5 Å². The van der Waals surface area contributed by atoms with E-state index in [4.69, 9.17) is 4.74 Å². The molecular formula is C13H15O2. The highest BCUT2D eigenvalue weighted by molar-refractivity contribution is 5.95. The van der Waals surface area contributed by atoms with Crippen LogP contribution in [0.4, 0.5) is 0 Å². The summed E-state index contributed by atoms with van der Waals surface area (Å²) in [7, 11) is 0. The van der Waals surface area contributed by atoms with Gasteiger partial charge >= 0.3 is 5.97 Å². The summed E-state index contributed by atoms with van der Waals surface area (Å²) < 4.78 is 5.03. The van der Waals surface area contributed by atoms with Gasteiger partial charge in [0.2, 0.25) is 0 Å². The molecule has 0 aliphatic carbocycles. The van der Waals surface area contributed by atoms with Crippen molar-refractivity contribution >= 4 is 11.5 Å². The maximum atomic E-state index is 11.6. The van der Waals surface area contributed by atoms with Gasteiger partial charge in [0.25, 0.3) is 0 Å². The largest absolute Gasteiger partial charge is 0.462 e. The normalized spacial score (nSPS) is 9.73. The lowest BCUT2D eigenvalue weighted by molar-refractivity contribution is 0.0510. The maximum absolute atomic E-state index is 11.6. The molecule has 0 unspecified atom stereocenters. The van der Waals surface area contributed by atoms with Crippen molar-refractivity contribution in [3.05, 3.63) is 48.9 Å². The predicted molar refractivity (Wildman–Crippen MR) is 61.4 cm³/mol. The van der Waals surface area contributed by atoms with Crippen LogP contribution in [0.1, 0.15) is 29.3 Å². The second-order valence-corrected chi connectivity index (χ2v) is 3.32. The Kier molecular flexibility index (Phi) is 4.10. The summed E-state index contributed by atoms with van der Waals surface area (Å²) in [5.74, 6) is -0.308. The zero-order valence-electron chi connectivity index (χ0n) is 8.95. The summed E-state index contributed by atoms with van der Waals surface area (Å²) in [4.78, 5) is 11.6. The summed E-state index contributed by atoms with van der Waals surface area (Å²) in [6, 6.07) is 7.30. The first kappa shape index (κ1) is 11.5. The van der Waals surface area contributed by atoms with Gasteiger partial charge in [-0.1, -0.05) is 30.4 Å². The number of benzene rings is 1. The average molecular weight is 203 g/mol. The third-order valence-electron chi connectivity index (χ3n) is 1.98. The van der Waals surface area contributed by atoms with Crippen LogP contribution in [0.2, 0.25) is 0 Å². The molecule has 15 heavy (non-hydrogen) atoms. The molecule has 1 aromatic rings. The molecule has 1 rings (SSSR count). The fraction of sp³-hybridized carbons (Fsp3) is 0.231. The Morgan fingerprint density at radius 2 is 1.93 bits per heavy atom. The molecule has 0 saturated heterocycles. The van der Waals surface area contributed by atoms with Crippen molar-refractivity contribution in [3.8, 4) is 0 Å². The van der Waals surface area contributed by atoms with E-state index in [0.717, 1.165) is 11.1 Å². The Bertz CT molecular complexity index is 367. The first-order valence-electron chi connectivity index (χ1n) is 4.88. The van der Waals surface area contributed by atoms with Gasteiger partial charge in [-0.05, 0) is 31.9 Å². The van der Waals surface area contributed by atoms with E-state index >= 15 is 0 Å². The van der Waals surface area contributed by atoms with Crippen LogP contribution in [0.5, 0.6) is 0 Å². The molecule has 2 heteroatoms. The predicted octanol–water partition coefficient (Wildman–Crippen LogP) is 3.10. The molecule has 0 bridgehead atoms. The highest BCUT2D eigenvalue weighted by Crippen LogP contribution is 2.17. The van der Waals surface area contributed by atoms with Crippen molar-refractivity contribution < 1.29 is 9.53 Å². The molecule has 0 heterocycles. The quantitative estimate of drug-likeness (QED) is 0.703. The Morgan fingerprint density at radius 3 is 2.47 bits per heavy atom. The highest BCUT2D eigenvalue weighted by Gasteiger charge is 2.11. The van der Waals surface area contributed by atoms with Gasteiger partial charge in [0.05, 0.1) is 12.2 Å². The summed E-state index contributed by atoms with van der Waals surface area (Å²) in [6.45, 7) is 9.66. The van der Waals surface area contributed by atoms with Gasteiger partial charge < -0.3 is 4.74 Å². The minimum atomic E-state index is -0.308. The minimum Gasteiger partial charge on any atom is -0.462 e. The van der Waals surface area contributed by atoms with Gasteiger partial charge in [-0.15, -0.1) is 0 Å². The summed E-state index contributed by atoms with van der Waals surface area (Å²) in [5.41, 5.74) is 2.27. The van der Waals surface area contributed by atoms with Crippen molar-refractivity contribution in [2.45, 2.75) is 13.3 Å². The average Bonchev–Trinajstić information content (AvgIpc) is 2.25. The van der Waals surface area contributed by atoms with E-state index in [1.807, 2.05) is 25.1 Å². The van der Waals surface area contributed by atoms with Crippen molar-refractivity contribution in [1.82, 2.24) is 0 Å². The number of allylic oxidation sites excluding steroid dienone is 1. The molecule has 0 fully saturated rings. The van der Waals surface area contributed by atoms with Crippen molar-refractivity contribution in [3.63, 3.8) is 0 Å². The van der Waals surface area contributed by atoms with Crippen LogP contribution < -0.4 is 0 Å². The van der Waals surface area contributed by atoms with E-state index in [9.17, 15) is 4.79 Å². The number of hydrogen-bond acceptors (Lipinski definition) is 2. The lowest BCUT2D eigenvalue weighted by Gasteiger charge is -2.08. The van der Waals surface area contributed by atoms with Crippen LogP contribution in [0.3, 0.4) is 0 Å². The number of rotatable bonds is 4. The maximum Gasteiger partial charge on any atom is 0.338 e. The molecule has 0 spiro atoms. The number of esters is 1. The van der Waals surface area contributed by atoms with Crippen LogP contribution in [0.15, 0.2) is 30.8 Å². The molecule has 79 valence electrons. The van der Waals surface area contributed by atoms with E-state index in [-0.39, 0.29) is 5.97 Å². The second kappa shape index (κ2) is 5.35. The lowest BCUT2D eigenvalue weighted by atomic mass is 10.0. The van der Waals surface area contributed by atoms with Crippen LogP contribution in [-0.2, 0) is 4.74 Å². The fourth-order valence-electron chi connectivity index (χ4n) is 1.28. The number of carbonyl (C=O) groups excluding carboxylic acids is 1. The number of carbonyl (C=O) groups is 1. The van der Waals surface area contributed by atoms with Crippen LogP contribution in [-0.4, -0.2) is 12.6 Å². The van der Waals surface area contributed by atoms with Gasteiger partial charge in [-0.25, -0.2) is 4.79 Å². The molecule has 0 aromatic heterocycles. The molecule has 1 aromatic carbocycles. The molecule has 0 saturated carbocycles. The molecular weight excluding hydrogens is 188 g/mol. The molecule has 0 amide bonds. The smallest absolute Gasteiger partial charge is 0.338 e. The zero-order chi connectivity index (χ0) is 11.3. The van der Waals surface area contributed by atoms with E-state index in [0.29, 0.717) is 18.6 Å². The Labute approximate surface area is 90.6 Å². The SMILES string of the molecule is [CH2]CCOC(=O)c1ccccc1C(=C)C. The Balaban J connectivity index is 2.92. The minimum absolute atomic E-state index is 0.308. The van der Waals surface area contributed by atoms with Crippen LogP contribution in [0, 0.1) is 6.92 Å². The zero-order valence-corrected chi connectivity index (χ0v) is 8.95. The monoisotopic (exact) mass is 203 g/mol. The van der Waals surface area contributed by atoms with Gasteiger partial charge in [0, 0.05) is 0 Å². The summed E-state index contributed by atoms with van der Waals surface area (Å²) in [6.07, 6.45) is 0.584. The standard InChI is InChI=1S/C13H15O2/c1-4-9-15-13(14)12-8-6-5-7-11(12)10(2)3/h5-8H,1-2,4,9H2,3H3. The highest BCUT2D eigenvalue weighted by atomic mass is 16.5. The van der Waals surface area contributed by atoms with E-state index in [1.54, 1.807) is 6.07 Å². The van der Waals surface area contributed by atoms with Crippen LogP contribution >= 0.6 is 0 Å². The van der Waals surface area contributed by atoms with Gasteiger partial charge in [-0.3, -0.25) is 0 Å². The van der Waals surface area contributed by atoms with Crippen molar-refractivity contribution in [1.29, 1.82) is 0 Å². The van der Waals surface area contributed by atoms with Crippen molar-refractivity contribution in [2.75, 3.05) is 6.61 Å². The number of hydrogen-bond donors (Lipinski definition) is 0. The third-order valence-corrected chi connectivity index (χ3v) is 1.98. The van der Waals surface area contributed by atoms with Gasteiger partial charge in [0.15, 0.2) is 0 Å². The Hall–Kier alpha value is -1.57. The van der Waals surface area contributed by atoms with E-state index in [1.165, 1.54) is 0 Å². The molecule has 1 radical (unpaired) electrons. The third kappa shape index (κ3) is 2.94. The first-order chi connectivity index (χ1) is 7.16. The Morgan fingerprint density at radius 1 is 1.33 bits per heavy atom. The summed E-state index contributed by atoms with van der Waals surface area (Å²) >= 11 is 0. The molecule has 0 aliphatic rings.